The van der Waals surface area contributed by atoms with E-state index in [1.54, 1.807) is 0 Å². The quantitative estimate of drug-likeness (QED) is 0.529. The zero-order chi connectivity index (χ0) is 16.9. The van der Waals surface area contributed by atoms with Gasteiger partial charge in [0.25, 0.3) is 0 Å². The Labute approximate surface area is 145 Å². The Hall–Kier alpha value is -0.530. The fourth-order valence-electron chi connectivity index (χ4n) is 1.76. The summed E-state index contributed by atoms with van der Waals surface area (Å²) in [6, 6.07) is 2.65. The molecule has 9 heteroatoms. The molecule has 1 aromatic rings. The maximum Gasteiger partial charge on any atom is 0.305 e. The van der Waals surface area contributed by atoms with E-state index >= 15 is 0 Å². The van der Waals surface area contributed by atoms with E-state index in [0.29, 0.717) is 12.8 Å². The summed E-state index contributed by atoms with van der Waals surface area (Å²) in [6.45, 7) is 0.231. The van der Waals surface area contributed by atoms with Crippen molar-refractivity contribution in [2.75, 3.05) is 20.7 Å². The van der Waals surface area contributed by atoms with E-state index in [2.05, 4.69) is 4.74 Å². The highest BCUT2D eigenvalue weighted by atomic mass is 35.5. The molecule has 0 saturated carbocycles. The highest BCUT2D eigenvalue weighted by Crippen LogP contribution is 2.34. The molecule has 0 spiro atoms. The van der Waals surface area contributed by atoms with Crippen LogP contribution in [0.2, 0.25) is 15.1 Å². The Morgan fingerprint density at radius 2 is 1.73 bits per heavy atom. The third-order valence-corrected chi connectivity index (χ3v) is 5.96. The summed E-state index contributed by atoms with van der Waals surface area (Å²) in [4.78, 5) is 10.8. The number of esters is 1. The highest BCUT2D eigenvalue weighted by Gasteiger charge is 2.26. The van der Waals surface area contributed by atoms with Gasteiger partial charge in [0.1, 0.15) is 4.90 Å². The Kier molecular flexibility index (Phi) is 7.41. The van der Waals surface area contributed by atoms with Crippen LogP contribution < -0.4 is 0 Å². The van der Waals surface area contributed by atoms with Crippen molar-refractivity contribution < 1.29 is 17.9 Å². The maximum absolute atomic E-state index is 12.5. The molecule has 0 amide bonds. The number of ether oxygens (including phenoxy) is 1. The van der Waals surface area contributed by atoms with Crippen LogP contribution in [-0.4, -0.2) is 39.4 Å². The van der Waals surface area contributed by atoms with Gasteiger partial charge in [-0.25, -0.2) is 12.7 Å². The van der Waals surface area contributed by atoms with E-state index in [9.17, 15) is 13.2 Å². The molecule has 0 bridgehead atoms. The first-order valence-corrected chi connectivity index (χ1v) is 8.95. The molecule has 0 aromatic heterocycles. The fraction of sp³-hybridized carbons (Fsp3) is 0.462. The summed E-state index contributed by atoms with van der Waals surface area (Å²) in [5.74, 6) is -0.325. The number of carbonyl (C=O) groups is 1. The first-order chi connectivity index (χ1) is 10.2. The number of hydrogen-bond donors (Lipinski definition) is 0. The zero-order valence-corrected chi connectivity index (χ0v) is 15.2. The van der Waals surface area contributed by atoms with E-state index in [1.165, 1.54) is 26.3 Å². The van der Waals surface area contributed by atoms with Crippen LogP contribution in [0.1, 0.15) is 19.3 Å². The number of benzene rings is 1. The number of nitrogens with zero attached hydrogens (tertiary/aromatic N) is 1. The molecule has 0 radical (unpaired) electrons. The third-order valence-electron chi connectivity index (χ3n) is 2.96. The summed E-state index contributed by atoms with van der Waals surface area (Å²) in [5.41, 5.74) is 0. The van der Waals surface area contributed by atoms with Gasteiger partial charge in [0.2, 0.25) is 10.0 Å². The minimum Gasteiger partial charge on any atom is -0.469 e. The smallest absolute Gasteiger partial charge is 0.305 e. The molecule has 22 heavy (non-hydrogen) atoms. The second kappa shape index (κ2) is 8.36. The van der Waals surface area contributed by atoms with Crippen LogP contribution in [0.5, 0.6) is 0 Å². The number of methoxy groups -OCH3 is 1. The molecule has 0 N–H and O–H groups in total. The normalized spacial score (nSPS) is 11.7. The van der Waals surface area contributed by atoms with Crippen LogP contribution in [0.15, 0.2) is 17.0 Å². The lowest BCUT2D eigenvalue weighted by Crippen LogP contribution is -2.28. The van der Waals surface area contributed by atoms with Crippen LogP contribution in [0, 0.1) is 0 Å². The van der Waals surface area contributed by atoms with Gasteiger partial charge in [-0.15, -0.1) is 0 Å². The van der Waals surface area contributed by atoms with Gasteiger partial charge in [-0.3, -0.25) is 4.79 Å². The standard InChI is InChI=1S/C13H16Cl3NO4S/c1-17(6-4-3-5-12(18)21-2)22(19,20)13-10(15)7-9(14)8-11(13)16/h7-8H,3-6H2,1-2H3. The Morgan fingerprint density at radius 3 is 2.23 bits per heavy atom. The van der Waals surface area contributed by atoms with E-state index in [1.807, 2.05) is 0 Å². The van der Waals surface area contributed by atoms with Gasteiger partial charge in [-0.1, -0.05) is 34.8 Å². The lowest BCUT2D eigenvalue weighted by Gasteiger charge is -2.19. The van der Waals surface area contributed by atoms with Gasteiger partial charge >= 0.3 is 5.97 Å². The zero-order valence-electron chi connectivity index (χ0n) is 12.1. The molecule has 0 aliphatic heterocycles. The van der Waals surface area contributed by atoms with Gasteiger partial charge in [0.05, 0.1) is 17.2 Å². The molecular formula is C13H16Cl3NO4S. The van der Waals surface area contributed by atoms with Crippen molar-refractivity contribution in [3.05, 3.63) is 27.2 Å². The number of halogens is 3. The second-order valence-electron chi connectivity index (χ2n) is 4.56. The average Bonchev–Trinajstić information content (AvgIpc) is 2.41. The summed E-state index contributed by atoms with van der Waals surface area (Å²) in [6.07, 6.45) is 1.27. The van der Waals surface area contributed by atoms with Gasteiger partial charge < -0.3 is 4.74 Å². The average molecular weight is 389 g/mol. The number of carbonyl (C=O) groups excluding carboxylic acids is 1. The molecule has 0 atom stereocenters. The molecule has 1 aromatic carbocycles. The van der Waals surface area contributed by atoms with Gasteiger partial charge in [-0.2, -0.15) is 0 Å². The van der Waals surface area contributed by atoms with Crippen LogP contribution in [0.25, 0.3) is 0 Å². The number of unbranched alkanes of at least 4 members (excludes halogenated alkanes) is 1. The van der Waals surface area contributed by atoms with Crippen molar-refractivity contribution in [3.63, 3.8) is 0 Å². The van der Waals surface area contributed by atoms with Crippen LogP contribution >= 0.6 is 34.8 Å². The minimum atomic E-state index is -3.83. The molecule has 0 aliphatic carbocycles. The summed E-state index contributed by atoms with van der Waals surface area (Å²) in [5, 5.41) is 0.201. The molecule has 0 heterocycles. The van der Waals surface area contributed by atoms with E-state index < -0.39 is 10.0 Å². The summed E-state index contributed by atoms with van der Waals surface area (Å²) >= 11 is 17.7. The topological polar surface area (TPSA) is 63.7 Å². The largest absolute Gasteiger partial charge is 0.469 e. The van der Waals surface area contributed by atoms with E-state index in [4.69, 9.17) is 34.8 Å². The first-order valence-electron chi connectivity index (χ1n) is 6.38. The predicted molar refractivity (Wildman–Crippen MR) is 87.2 cm³/mol. The van der Waals surface area contributed by atoms with Crippen molar-refractivity contribution in [2.45, 2.75) is 24.2 Å². The highest BCUT2D eigenvalue weighted by molar-refractivity contribution is 7.89. The molecule has 0 unspecified atom stereocenters. The van der Waals surface area contributed by atoms with E-state index in [0.717, 1.165) is 4.31 Å². The fourth-order valence-corrected chi connectivity index (χ4v) is 4.45. The molecule has 0 saturated heterocycles. The van der Waals surface area contributed by atoms with Crippen LogP contribution in [-0.2, 0) is 19.6 Å². The summed E-state index contributed by atoms with van der Waals surface area (Å²) in [7, 11) is -1.09. The van der Waals surface area contributed by atoms with Crippen molar-refractivity contribution in [1.82, 2.24) is 4.31 Å². The molecule has 0 aliphatic rings. The van der Waals surface area contributed by atoms with Crippen molar-refractivity contribution in [1.29, 1.82) is 0 Å². The monoisotopic (exact) mass is 387 g/mol. The number of sulfonamides is 1. The predicted octanol–water partition coefficient (Wildman–Crippen LogP) is 3.61. The number of rotatable bonds is 7. The van der Waals surface area contributed by atoms with Crippen molar-refractivity contribution in [3.8, 4) is 0 Å². The van der Waals surface area contributed by atoms with Gasteiger partial charge in [0.15, 0.2) is 0 Å². The van der Waals surface area contributed by atoms with Crippen molar-refractivity contribution in [2.24, 2.45) is 0 Å². The molecule has 0 fully saturated rings. The third kappa shape index (κ3) is 4.99. The van der Waals surface area contributed by atoms with Crippen LogP contribution in [0.4, 0.5) is 0 Å². The maximum atomic E-state index is 12.5. The second-order valence-corrected chi connectivity index (χ2v) is 7.79. The van der Waals surface area contributed by atoms with Gasteiger partial charge in [-0.05, 0) is 25.0 Å². The molecule has 1 rings (SSSR count). The van der Waals surface area contributed by atoms with E-state index in [-0.39, 0.29) is 38.9 Å². The molecule has 124 valence electrons. The molecule has 5 nitrogen and oxygen atoms in total. The Bertz CT molecular complexity index is 626. The van der Waals surface area contributed by atoms with Gasteiger partial charge in [0, 0.05) is 25.0 Å². The van der Waals surface area contributed by atoms with Crippen LogP contribution in [0.3, 0.4) is 0 Å². The van der Waals surface area contributed by atoms with Crippen molar-refractivity contribution >= 4 is 50.8 Å². The first kappa shape index (κ1) is 19.5. The lowest BCUT2D eigenvalue weighted by molar-refractivity contribution is -0.140. The molecular weight excluding hydrogens is 373 g/mol. The minimum absolute atomic E-state index is 0.0288. The number of hydrogen-bond acceptors (Lipinski definition) is 4. The SMILES string of the molecule is COC(=O)CCCCN(C)S(=O)(=O)c1c(Cl)cc(Cl)cc1Cl. The lowest BCUT2D eigenvalue weighted by atomic mass is 10.2. The summed E-state index contributed by atoms with van der Waals surface area (Å²) < 4.78 is 30.6. The Balaban J connectivity index is 2.80. The Morgan fingerprint density at radius 1 is 1.18 bits per heavy atom.